The number of aliphatic carboxylic acids is 1. The minimum Gasteiger partial charge on any atom is -0.494 e. The van der Waals surface area contributed by atoms with Gasteiger partial charge in [-0.05, 0) is 76.9 Å². The highest BCUT2D eigenvalue weighted by Gasteiger charge is 2.26. The molecule has 6 aromatic rings. The number of anilines is 2. The van der Waals surface area contributed by atoms with E-state index in [1.54, 1.807) is 51.9 Å². The van der Waals surface area contributed by atoms with Crippen LogP contribution < -0.4 is 42.2 Å². The fourth-order valence-corrected chi connectivity index (χ4v) is 9.75. The van der Waals surface area contributed by atoms with E-state index in [2.05, 4.69) is 36.4 Å². The van der Waals surface area contributed by atoms with Gasteiger partial charge in [0, 0.05) is 68.8 Å². The number of rotatable bonds is 44. The lowest BCUT2D eigenvalue weighted by molar-refractivity contribution is -0.139. The number of carboxylic acid groups (broad SMARTS) is 1. The maximum Gasteiger partial charge on any atom is 0.303 e. The number of carbonyl (C=O) groups excluding carboxylic acids is 8. The Hall–Kier alpha value is -9.93. The normalized spacial score (nSPS) is 12.5. The molecule has 33 heteroatoms. The fourth-order valence-electron chi connectivity index (χ4n) is 9.75. The highest BCUT2D eigenvalue weighted by Crippen LogP contribution is 2.33. The van der Waals surface area contributed by atoms with Crippen molar-refractivity contribution in [1.29, 1.82) is 0 Å². The van der Waals surface area contributed by atoms with Crippen molar-refractivity contribution >= 4 is 87.2 Å². The molecule has 512 valence electrons. The summed E-state index contributed by atoms with van der Waals surface area (Å²) in [7, 11) is 1.42. The second kappa shape index (κ2) is 36.5. The van der Waals surface area contributed by atoms with Gasteiger partial charge in [0.15, 0.2) is 0 Å². The van der Waals surface area contributed by atoms with Crippen LogP contribution >= 0.6 is 0 Å². The van der Waals surface area contributed by atoms with Gasteiger partial charge in [-0.2, -0.15) is 10.2 Å². The van der Waals surface area contributed by atoms with Gasteiger partial charge in [-0.3, -0.25) is 68.0 Å². The van der Waals surface area contributed by atoms with E-state index in [1.807, 2.05) is 13.8 Å². The molecule has 0 spiro atoms. The smallest absolute Gasteiger partial charge is 0.303 e. The monoisotopic (exact) mass is 1320 g/mol. The Morgan fingerprint density at radius 1 is 0.600 bits per heavy atom. The lowest BCUT2D eigenvalue weighted by atomic mass is 10.1. The zero-order valence-electron chi connectivity index (χ0n) is 53.7. The van der Waals surface area contributed by atoms with Crippen LogP contribution in [0.4, 0.5) is 11.9 Å². The number of ether oxygens (including phenoxy) is 8. The van der Waals surface area contributed by atoms with Crippen LogP contribution in [0.2, 0.25) is 0 Å². The number of imide groups is 1. The lowest BCUT2D eigenvalue weighted by Crippen LogP contribution is -2.47. The number of allylic oxidation sites excluding steroid dienone is 2. The van der Waals surface area contributed by atoms with Gasteiger partial charge in [-0.25, -0.2) is 9.97 Å². The third-order valence-electron chi connectivity index (χ3n) is 14.3. The van der Waals surface area contributed by atoms with Crippen LogP contribution in [0.15, 0.2) is 60.7 Å². The molecule has 0 radical (unpaired) electrons. The first-order valence-electron chi connectivity index (χ1n) is 30.8. The summed E-state index contributed by atoms with van der Waals surface area (Å²) in [6.07, 6.45) is 5.42. The van der Waals surface area contributed by atoms with E-state index in [1.165, 1.54) is 48.2 Å². The molecule has 33 nitrogen and oxygen atoms in total. The molecule has 1 atom stereocenters. The molecule has 0 saturated heterocycles. The lowest BCUT2D eigenvalue weighted by Gasteiger charge is -2.18. The van der Waals surface area contributed by atoms with Crippen LogP contribution in [-0.2, 0) is 78.6 Å². The number of imidazole rings is 2. The molecule has 0 unspecified atom stereocenters. The van der Waals surface area contributed by atoms with Gasteiger partial charge < -0.3 is 74.2 Å². The van der Waals surface area contributed by atoms with Crippen molar-refractivity contribution in [1.82, 2.24) is 54.2 Å². The van der Waals surface area contributed by atoms with Crippen LogP contribution in [-0.4, -0.2) is 214 Å². The molecule has 8 amide bonds. The average Bonchev–Trinajstić information content (AvgIpc) is 1.64. The number of aryl methyl sites for hydroxylation is 4. The van der Waals surface area contributed by atoms with Gasteiger partial charge in [0.1, 0.15) is 40.0 Å². The Morgan fingerprint density at radius 2 is 1.05 bits per heavy atom. The highest BCUT2D eigenvalue weighted by molar-refractivity contribution is 6.13. The van der Waals surface area contributed by atoms with E-state index in [0.29, 0.717) is 87.3 Å². The van der Waals surface area contributed by atoms with Gasteiger partial charge in [-0.15, -0.1) is 0 Å². The number of methoxy groups -OCH3 is 1. The second-order valence-corrected chi connectivity index (χ2v) is 21.2. The number of aromatic nitrogens is 8. The number of hydrogen-bond donors (Lipinski definition) is 7. The zero-order valence-corrected chi connectivity index (χ0v) is 53.7. The third kappa shape index (κ3) is 21.0. The van der Waals surface area contributed by atoms with Gasteiger partial charge >= 0.3 is 5.97 Å². The molecule has 1 aliphatic heterocycles. The zero-order chi connectivity index (χ0) is 68.4. The topological polar surface area (TPSA) is 422 Å². The molecule has 0 bridgehead atoms. The van der Waals surface area contributed by atoms with Gasteiger partial charge in [-0.1, -0.05) is 12.2 Å². The Bertz CT molecular complexity index is 3740. The average molecular weight is 1320 g/mol. The number of nitrogens with zero attached hydrogens (tertiary/aromatic N) is 9. The quantitative estimate of drug-likeness (QED) is 0.0163. The first-order valence-corrected chi connectivity index (χ1v) is 30.8. The summed E-state index contributed by atoms with van der Waals surface area (Å²) < 4.78 is 51.3. The molecule has 0 aliphatic carbocycles. The van der Waals surface area contributed by atoms with Gasteiger partial charge in [0.2, 0.25) is 35.5 Å². The number of carbonyl (C=O) groups is 9. The summed E-state index contributed by atoms with van der Waals surface area (Å²) in [6.45, 7) is 11.5. The van der Waals surface area contributed by atoms with Crippen LogP contribution in [0.25, 0.3) is 22.1 Å². The summed E-state index contributed by atoms with van der Waals surface area (Å²) >= 11 is 0. The number of hydrogen-bond acceptors (Lipinski definition) is 21. The summed E-state index contributed by atoms with van der Waals surface area (Å²) in [5.74, 6) is -5.05. The van der Waals surface area contributed by atoms with Crippen molar-refractivity contribution in [3.8, 4) is 11.5 Å². The van der Waals surface area contributed by atoms with Gasteiger partial charge in [0.25, 0.3) is 23.6 Å². The van der Waals surface area contributed by atoms with Crippen LogP contribution in [0.1, 0.15) is 92.6 Å². The molecule has 9 N–H and O–H groups in total. The summed E-state index contributed by atoms with van der Waals surface area (Å²) in [5.41, 5.74) is 14.7. The minimum absolute atomic E-state index is 0.00164. The molecule has 95 heavy (non-hydrogen) atoms. The predicted molar refractivity (Wildman–Crippen MR) is 341 cm³/mol. The van der Waals surface area contributed by atoms with E-state index < -0.39 is 53.9 Å². The number of fused-ring (bicyclic) bond motifs is 2. The van der Waals surface area contributed by atoms with E-state index in [9.17, 15) is 48.3 Å². The Labute approximate surface area is 545 Å². The van der Waals surface area contributed by atoms with E-state index in [0.717, 1.165) is 4.90 Å². The Morgan fingerprint density at radius 3 is 1.51 bits per heavy atom. The van der Waals surface area contributed by atoms with E-state index in [-0.39, 0.29) is 148 Å². The molecular weight excluding hydrogens is 1240 g/mol. The maximum atomic E-state index is 14.0. The molecule has 0 saturated carbocycles. The first kappa shape index (κ1) is 72.5. The summed E-state index contributed by atoms with van der Waals surface area (Å²) in [5, 5.41) is 29.4. The van der Waals surface area contributed by atoms with Crippen molar-refractivity contribution in [3.63, 3.8) is 0 Å². The number of benzene rings is 2. The SMILES string of the molecule is CCn1nc(C)cc1C(=O)Nc1nc2cc(C(N)=O)cc(OC)c2n1C/C=C/Cn1c(NC(=O)c2cc(C)nn2CC)nc2cc(C(N)=O)cc(OCCCNC(=O)[C@H](CCC(=O)O)NC(=O)CCOCCOCCOCCOCCOCCOCCN3C(=O)C=CC3=O)c21. The number of nitrogens with two attached hydrogens (primary N) is 2. The fraction of sp³-hybridized carbons (Fsp3) is 0.468. The van der Waals surface area contributed by atoms with E-state index in [4.69, 9.17) is 54.3 Å². The van der Waals surface area contributed by atoms with Crippen LogP contribution in [0, 0.1) is 13.8 Å². The number of primary amides is 2. The maximum absolute atomic E-state index is 14.0. The largest absolute Gasteiger partial charge is 0.494 e. The molecule has 4 aromatic heterocycles. The number of nitrogens with one attached hydrogen (secondary N) is 4. The summed E-state index contributed by atoms with van der Waals surface area (Å²) in [6, 6.07) is 7.93. The molecule has 1 aliphatic rings. The standard InChI is InChI=1S/C62H81N15O18/c1-6-76-46(33-39(3)71-76)59(86)69-61-67-44-35-41(56(63)83)37-48(88-5)54(44)74(61)17-8-9-18-75-55-45(68-62(75)70-60(87)47-34-40(4)72-77(47)7-2)36-42(57(64)84)38-49(55)95-20-10-16-65-58(85)43(11-14-53(81)82)66-50(78)15-21-89-23-25-91-27-29-93-31-32-94-30-28-92-26-24-90-22-19-73-51(79)12-13-52(73)80/h8-9,12-13,33-38,43H,6-7,10-11,14-32H2,1-5H3,(H2,63,83)(H2,64,84)(H,65,85)(H,66,78)(H,81,82)(H,67,69,86)(H,68,70,87)/b9-8+/t43-/m0/s1. The van der Waals surface area contributed by atoms with Crippen molar-refractivity contribution in [3.05, 3.63) is 94.6 Å². The Kier molecular flexibility index (Phi) is 27.9. The van der Waals surface area contributed by atoms with Crippen molar-refractivity contribution < 1.29 is 86.2 Å². The van der Waals surface area contributed by atoms with Crippen LogP contribution in [0.5, 0.6) is 11.5 Å². The predicted octanol–water partition coefficient (Wildman–Crippen LogP) is 2.05. The first-order chi connectivity index (χ1) is 45.8. The van der Waals surface area contributed by atoms with Crippen molar-refractivity contribution in [2.45, 2.75) is 85.6 Å². The Balaban J connectivity index is 0.914. The minimum atomic E-state index is -1.19. The highest BCUT2D eigenvalue weighted by atomic mass is 16.6. The molecule has 7 rings (SSSR count). The summed E-state index contributed by atoms with van der Waals surface area (Å²) in [4.78, 5) is 125. The molecule has 0 fully saturated rings. The third-order valence-corrected chi connectivity index (χ3v) is 14.3. The van der Waals surface area contributed by atoms with Gasteiger partial charge in [0.05, 0.1) is 122 Å². The molecular formula is C62H81N15O18. The van der Waals surface area contributed by atoms with E-state index >= 15 is 0 Å². The van der Waals surface area contributed by atoms with Crippen LogP contribution in [0.3, 0.4) is 0 Å². The van der Waals surface area contributed by atoms with Crippen molar-refractivity contribution in [2.75, 3.05) is 117 Å². The van der Waals surface area contributed by atoms with Crippen molar-refractivity contribution in [2.24, 2.45) is 11.5 Å². The molecule has 5 heterocycles. The number of carboxylic acids is 1. The second-order valence-electron chi connectivity index (χ2n) is 21.2. The number of amides is 8. The molecule has 2 aromatic carbocycles.